The second-order valence-corrected chi connectivity index (χ2v) is 4.45. The monoisotopic (exact) mass is 339 g/mol. The van der Waals surface area contributed by atoms with Crippen LogP contribution in [0.1, 0.15) is 0 Å². The number of carbonyl (C=O) groups excluding carboxylic acids is 1. The first-order valence-corrected chi connectivity index (χ1v) is 5.58. The lowest BCUT2D eigenvalue weighted by Gasteiger charge is -2.22. The van der Waals surface area contributed by atoms with Crippen LogP contribution in [0.15, 0.2) is 18.2 Å². The van der Waals surface area contributed by atoms with Crippen molar-refractivity contribution in [3.8, 4) is 0 Å². The van der Waals surface area contributed by atoms with Crippen LogP contribution in [0.3, 0.4) is 0 Å². The van der Waals surface area contributed by atoms with Gasteiger partial charge >= 0.3 is 12.4 Å². The van der Waals surface area contributed by atoms with Crippen molar-refractivity contribution in [2.75, 3.05) is 5.32 Å². The second-order valence-electron chi connectivity index (χ2n) is 3.63. The van der Waals surface area contributed by atoms with E-state index in [2.05, 4.69) is 0 Å². The van der Waals surface area contributed by atoms with Crippen LogP contribution in [0.4, 0.5) is 32.0 Å². The number of hydrogen-bond donors (Lipinski definition) is 1. The summed E-state index contributed by atoms with van der Waals surface area (Å²) >= 11 is 11.0. The minimum atomic E-state index is -5.75. The van der Waals surface area contributed by atoms with E-state index in [0.717, 1.165) is 18.2 Å². The van der Waals surface area contributed by atoms with Gasteiger partial charge in [0, 0.05) is 5.69 Å². The van der Waals surface area contributed by atoms with Crippen molar-refractivity contribution in [2.24, 2.45) is 5.92 Å². The molecule has 10 heteroatoms. The second kappa shape index (κ2) is 5.69. The molecule has 0 radical (unpaired) electrons. The summed E-state index contributed by atoms with van der Waals surface area (Å²) in [5, 5.41) is 1.41. The van der Waals surface area contributed by atoms with E-state index in [9.17, 15) is 31.1 Å². The van der Waals surface area contributed by atoms with E-state index >= 15 is 0 Å². The molecule has 0 spiro atoms. The Morgan fingerprint density at radius 2 is 1.50 bits per heavy atom. The summed E-state index contributed by atoms with van der Waals surface area (Å²) in [5.41, 5.74) is -0.331. The SMILES string of the molecule is O=C(Nc1ccc(Cl)c(Cl)c1)C(C(F)(F)F)C(F)(F)F. The first kappa shape index (κ1) is 16.9. The molecular weight excluding hydrogens is 335 g/mol. The molecule has 0 atom stereocenters. The largest absolute Gasteiger partial charge is 0.409 e. The summed E-state index contributed by atoms with van der Waals surface area (Å²) in [6.07, 6.45) is -11.5. The van der Waals surface area contributed by atoms with Gasteiger partial charge in [-0.1, -0.05) is 23.2 Å². The van der Waals surface area contributed by atoms with E-state index in [1.807, 2.05) is 0 Å². The minimum Gasteiger partial charge on any atom is -0.325 e. The molecule has 0 fully saturated rings. The lowest BCUT2D eigenvalue weighted by molar-refractivity contribution is -0.272. The lowest BCUT2D eigenvalue weighted by atomic mass is 10.1. The van der Waals surface area contributed by atoms with Gasteiger partial charge < -0.3 is 5.32 Å². The van der Waals surface area contributed by atoms with Crippen molar-refractivity contribution in [3.63, 3.8) is 0 Å². The molecule has 0 saturated carbocycles. The summed E-state index contributed by atoms with van der Waals surface area (Å²) < 4.78 is 73.7. The maximum atomic E-state index is 12.3. The highest BCUT2D eigenvalue weighted by Gasteiger charge is 2.61. The summed E-state index contributed by atoms with van der Waals surface area (Å²) in [5.74, 6) is -6.37. The third-order valence-corrected chi connectivity index (χ3v) is 2.84. The van der Waals surface area contributed by atoms with Crippen molar-refractivity contribution < 1.29 is 31.1 Å². The average molecular weight is 340 g/mol. The summed E-state index contributed by atoms with van der Waals surface area (Å²) in [7, 11) is 0. The Morgan fingerprint density at radius 1 is 1.00 bits per heavy atom. The van der Waals surface area contributed by atoms with E-state index < -0.39 is 24.2 Å². The fourth-order valence-corrected chi connectivity index (χ4v) is 1.57. The zero-order valence-electron chi connectivity index (χ0n) is 9.24. The highest BCUT2D eigenvalue weighted by Crippen LogP contribution is 2.40. The van der Waals surface area contributed by atoms with E-state index in [0.29, 0.717) is 0 Å². The number of benzene rings is 1. The number of hydrogen-bond acceptors (Lipinski definition) is 1. The first-order chi connectivity index (χ1) is 8.93. The molecule has 0 aromatic heterocycles. The molecule has 1 amide bonds. The molecule has 1 aromatic carbocycles. The van der Waals surface area contributed by atoms with Crippen molar-refractivity contribution in [1.82, 2.24) is 0 Å². The predicted octanol–water partition coefficient (Wildman–Crippen LogP) is 4.67. The maximum absolute atomic E-state index is 12.3. The van der Waals surface area contributed by atoms with Crippen molar-refractivity contribution in [2.45, 2.75) is 12.4 Å². The molecule has 0 heterocycles. The molecule has 0 saturated heterocycles. The quantitative estimate of drug-likeness (QED) is 0.779. The highest BCUT2D eigenvalue weighted by molar-refractivity contribution is 6.42. The molecule has 0 aliphatic rings. The molecule has 1 rings (SSSR count). The smallest absolute Gasteiger partial charge is 0.325 e. The van der Waals surface area contributed by atoms with Crippen LogP contribution < -0.4 is 5.32 Å². The van der Waals surface area contributed by atoms with E-state index in [-0.39, 0.29) is 15.7 Å². The molecule has 2 nitrogen and oxygen atoms in total. The molecule has 1 N–H and O–H groups in total. The molecule has 112 valence electrons. The van der Waals surface area contributed by atoms with Gasteiger partial charge in [0.1, 0.15) is 0 Å². The number of rotatable bonds is 2. The summed E-state index contributed by atoms with van der Waals surface area (Å²) in [6.45, 7) is 0. The van der Waals surface area contributed by atoms with Crippen LogP contribution in [0.2, 0.25) is 10.0 Å². The zero-order valence-corrected chi connectivity index (χ0v) is 10.8. The fraction of sp³-hybridized carbons (Fsp3) is 0.300. The van der Waals surface area contributed by atoms with Crippen LogP contribution >= 0.6 is 23.2 Å². The third-order valence-electron chi connectivity index (χ3n) is 2.10. The Balaban J connectivity index is 3.00. The third kappa shape index (κ3) is 4.17. The fourth-order valence-electron chi connectivity index (χ4n) is 1.27. The molecule has 0 aliphatic heterocycles. The summed E-state index contributed by atoms with van der Waals surface area (Å²) in [6, 6.07) is 3.08. The van der Waals surface area contributed by atoms with E-state index in [1.54, 1.807) is 0 Å². The Hall–Kier alpha value is -1.15. The topological polar surface area (TPSA) is 29.1 Å². The number of halogens is 8. The van der Waals surface area contributed by atoms with Crippen LogP contribution in [0.25, 0.3) is 0 Å². The number of nitrogens with one attached hydrogen (secondary N) is 1. The Morgan fingerprint density at radius 3 is 1.90 bits per heavy atom. The van der Waals surface area contributed by atoms with Gasteiger partial charge in [0.2, 0.25) is 11.8 Å². The van der Waals surface area contributed by atoms with Gasteiger partial charge in [-0.2, -0.15) is 26.3 Å². The van der Waals surface area contributed by atoms with Crippen molar-refractivity contribution >= 4 is 34.8 Å². The Kier molecular flexibility index (Phi) is 4.81. The number of carbonyl (C=O) groups is 1. The first-order valence-electron chi connectivity index (χ1n) is 4.82. The number of alkyl halides is 6. The maximum Gasteiger partial charge on any atom is 0.409 e. The highest BCUT2D eigenvalue weighted by atomic mass is 35.5. The van der Waals surface area contributed by atoms with Crippen LogP contribution in [-0.4, -0.2) is 18.3 Å². The van der Waals surface area contributed by atoms with Crippen molar-refractivity contribution in [1.29, 1.82) is 0 Å². The summed E-state index contributed by atoms with van der Waals surface area (Å²) in [4.78, 5) is 11.2. The van der Waals surface area contributed by atoms with Gasteiger partial charge in [0.05, 0.1) is 10.0 Å². The van der Waals surface area contributed by atoms with Crippen LogP contribution in [0, 0.1) is 5.92 Å². The normalized spacial score (nSPS) is 12.7. The molecule has 0 aliphatic carbocycles. The van der Waals surface area contributed by atoms with Gasteiger partial charge in [0.25, 0.3) is 0 Å². The van der Waals surface area contributed by atoms with Gasteiger partial charge in [-0.25, -0.2) is 0 Å². The lowest BCUT2D eigenvalue weighted by Crippen LogP contribution is -2.45. The van der Waals surface area contributed by atoms with Gasteiger partial charge in [0.15, 0.2) is 0 Å². The minimum absolute atomic E-state index is 0.0351. The van der Waals surface area contributed by atoms with Crippen LogP contribution in [-0.2, 0) is 4.79 Å². The molecule has 1 aromatic rings. The number of amides is 1. The van der Waals surface area contributed by atoms with E-state index in [4.69, 9.17) is 23.2 Å². The molecular formula is C10H5Cl2F6NO. The number of anilines is 1. The van der Waals surface area contributed by atoms with Crippen LogP contribution in [0.5, 0.6) is 0 Å². The standard InChI is InChI=1S/C10H5Cl2F6NO/c11-5-2-1-4(3-6(5)12)19-8(20)7(9(13,14)15)10(16,17)18/h1-3,7H,(H,19,20). The van der Waals surface area contributed by atoms with Gasteiger partial charge in [-0.3, -0.25) is 4.79 Å². The van der Waals surface area contributed by atoms with E-state index in [1.165, 1.54) is 5.32 Å². The average Bonchev–Trinajstić information content (AvgIpc) is 2.18. The Labute approximate surface area is 118 Å². The Bertz CT molecular complexity index is 499. The van der Waals surface area contributed by atoms with Gasteiger partial charge in [-0.05, 0) is 18.2 Å². The zero-order chi connectivity index (χ0) is 15.7. The molecule has 0 unspecified atom stereocenters. The molecule has 0 bridgehead atoms. The predicted molar refractivity (Wildman–Crippen MR) is 60.7 cm³/mol. The molecule has 20 heavy (non-hydrogen) atoms. The van der Waals surface area contributed by atoms with Gasteiger partial charge in [-0.15, -0.1) is 0 Å². The van der Waals surface area contributed by atoms with Crippen molar-refractivity contribution in [3.05, 3.63) is 28.2 Å².